The van der Waals surface area contributed by atoms with Crippen molar-refractivity contribution in [2.45, 2.75) is 33.1 Å². The first kappa shape index (κ1) is 14.2. The van der Waals surface area contributed by atoms with E-state index in [1.54, 1.807) is 0 Å². The highest BCUT2D eigenvalue weighted by Crippen LogP contribution is 2.39. The summed E-state index contributed by atoms with van der Waals surface area (Å²) in [6.07, 6.45) is 1.71. The van der Waals surface area contributed by atoms with Gasteiger partial charge in [-0.15, -0.1) is 0 Å². The number of carbonyl (C=O) groups is 3. The summed E-state index contributed by atoms with van der Waals surface area (Å²) in [5, 5.41) is 8.85. The molecule has 0 spiro atoms. The highest BCUT2D eigenvalue weighted by atomic mass is 16.4. The van der Waals surface area contributed by atoms with E-state index < -0.39 is 11.4 Å². The molecule has 2 rings (SSSR count). The van der Waals surface area contributed by atoms with E-state index in [1.165, 1.54) is 29.2 Å². The van der Waals surface area contributed by atoms with Gasteiger partial charge >= 0.3 is 5.97 Å². The molecule has 1 aliphatic heterocycles. The van der Waals surface area contributed by atoms with Gasteiger partial charge in [0, 0.05) is 6.42 Å². The van der Waals surface area contributed by atoms with E-state index in [9.17, 15) is 14.4 Å². The molecule has 1 aromatic rings. The minimum absolute atomic E-state index is 0.129. The highest BCUT2D eigenvalue weighted by Gasteiger charge is 2.47. The van der Waals surface area contributed by atoms with Crippen molar-refractivity contribution in [2.24, 2.45) is 5.41 Å². The Morgan fingerprint density at radius 2 is 1.90 bits per heavy atom. The summed E-state index contributed by atoms with van der Waals surface area (Å²) in [4.78, 5) is 36.5. The monoisotopic (exact) mass is 275 g/mol. The van der Waals surface area contributed by atoms with Gasteiger partial charge in [0.05, 0.1) is 16.7 Å². The molecular weight excluding hydrogens is 258 g/mol. The number of nitrogens with zero attached hydrogens (tertiary/aromatic N) is 1. The Morgan fingerprint density at radius 3 is 2.40 bits per heavy atom. The molecule has 1 saturated heterocycles. The third-order valence-corrected chi connectivity index (χ3v) is 3.68. The summed E-state index contributed by atoms with van der Waals surface area (Å²) in [7, 11) is 0. The van der Waals surface area contributed by atoms with Gasteiger partial charge in [-0.25, -0.2) is 4.79 Å². The van der Waals surface area contributed by atoms with Gasteiger partial charge in [0.2, 0.25) is 11.8 Å². The molecule has 1 heterocycles. The Labute approximate surface area is 117 Å². The van der Waals surface area contributed by atoms with Crippen LogP contribution in [0.4, 0.5) is 5.69 Å². The molecule has 0 aliphatic carbocycles. The van der Waals surface area contributed by atoms with E-state index in [0.29, 0.717) is 12.1 Å². The normalized spacial score (nSPS) is 22.4. The molecular formula is C15H17NO4. The molecule has 2 amide bonds. The molecule has 0 saturated carbocycles. The van der Waals surface area contributed by atoms with Crippen molar-refractivity contribution >= 4 is 23.5 Å². The van der Waals surface area contributed by atoms with E-state index in [4.69, 9.17) is 5.11 Å². The maximum Gasteiger partial charge on any atom is 0.335 e. The zero-order valence-corrected chi connectivity index (χ0v) is 11.5. The lowest BCUT2D eigenvalue weighted by molar-refractivity contribution is -0.125. The zero-order valence-electron chi connectivity index (χ0n) is 11.5. The minimum atomic E-state index is -1.04. The summed E-state index contributed by atoms with van der Waals surface area (Å²) >= 11 is 0. The summed E-state index contributed by atoms with van der Waals surface area (Å²) in [5.41, 5.74) is -0.0777. The lowest BCUT2D eigenvalue weighted by atomic mass is 9.84. The molecule has 1 unspecified atom stereocenters. The van der Waals surface area contributed by atoms with Crippen LogP contribution in [0.2, 0.25) is 0 Å². The standard InChI is InChI=1S/C15H17NO4/c1-3-8-15(2)9-12(17)16(14(15)20)11-6-4-10(5-7-11)13(18)19/h4-7H,3,8-9H2,1-2H3,(H,18,19). The number of hydrogen-bond acceptors (Lipinski definition) is 3. The van der Waals surface area contributed by atoms with E-state index in [2.05, 4.69) is 0 Å². The highest BCUT2D eigenvalue weighted by molar-refractivity contribution is 6.22. The maximum atomic E-state index is 12.4. The number of carboxylic acids is 1. The average Bonchev–Trinajstić information content (AvgIpc) is 2.60. The van der Waals surface area contributed by atoms with Crippen molar-refractivity contribution in [2.75, 3.05) is 4.90 Å². The number of carboxylic acid groups (broad SMARTS) is 1. The summed E-state index contributed by atoms with van der Waals surface area (Å²) in [6, 6.07) is 5.79. The number of imide groups is 1. The molecule has 1 aromatic carbocycles. The van der Waals surface area contributed by atoms with Crippen molar-refractivity contribution in [3.63, 3.8) is 0 Å². The number of carbonyl (C=O) groups excluding carboxylic acids is 2. The first-order valence-electron chi connectivity index (χ1n) is 6.60. The van der Waals surface area contributed by atoms with Crippen LogP contribution in [0, 0.1) is 5.41 Å². The van der Waals surface area contributed by atoms with Gasteiger partial charge in [-0.05, 0) is 30.7 Å². The van der Waals surface area contributed by atoms with Gasteiger partial charge in [-0.1, -0.05) is 20.3 Å². The Morgan fingerprint density at radius 1 is 1.30 bits per heavy atom. The predicted octanol–water partition coefficient (Wildman–Crippen LogP) is 2.45. The van der Waals surface area contributed by atoms with E-state index in [1.807, 2.05) is 13.8 Å². The van der Waals surface area contributed by atoms with Crippen LogP contribution in [0.25, 0.3) is 0 Å². The average molecular weight is 275 g/mol. The van der Waals surface area contributed by atoms with Crippen molar-refractivity contribution in [3.8, 4) is 0 Å². The second kappa shape index (κ2) is 5.07. The summed E-state index contributed by atoms with van der Waals surface area (Å²) in [5.74, 6) is -1.46. The number of rotatable bonds is 4. The molecule has 0 bridgehead atoms. The van der Waals surface area contributed by atoms with Crippen molar-refractivity contribution in [3.05, 3.63) is 29.8 Å². The molecule has 1 fully saturated rings. The largest absolute Gasteiger partial charge is 0.478 e. The van der Waals surface area contributed by atoms with Gasteiger partial charge in [-0.2, -0.15) is 0 Å². The van der Waals surface area contributed by atoms with Crippen LogP contribution >= 0.6 is 0 Å². The first-order valence-corrected chi connectivity index (χ1v) is 6.60. The molecule has 106 valence electrons. The molecule has 1 atom stereocenters. The van der Waals surface area contributed by atoms with E-state index in [-0.39, 0.29) is 23.8 Å². The number of benzene rings is 1. The number of aromatic carboxylic acids is 1. The van der Waals surface area contributed by atoms with Crippen LogP contribution < -0.4 is 4.90 Å². The lowest BCUT2D eigenvalue weighted by Crippen LogP contribution is -2.34. The van der Waals surface area contributed by atoms with Crippen LogP contribution in [-0.2, 0) is 9.59 Å². The van der Waals surface area contributed by atoms with Crippen molar-refractivity contribution in [1.29, 1.82) is 0 Å². The smallest absolute Gasteiger partial charge is 0.335 e. The Balaban J connectivity index is 2.31. The first-order chi connectivity index (χ1) is 9.39. The number of anilines is 1. The molecule has 0 aromatic heterocycles. The molecule has 5 nitrogen and oxygen atoms in total. The van der Waals surface area contributed by atoms with Gasteiger partial charge in [0.1, 0.15) is 0 Å². The lowest BCUT2D eigenvalue weighted by Gasteiger charge is -2.21. The van der Waals surface area contributed by atoms with Crippen LogP contribution in [0.15, 0.2) is 24.3 Å². The second-order valence-electron chi connectivity index (χ2n) is 5.37. The fourth-order valence-corrected chi connectivity index (χ4v) is 2.63. The Bertz CT molecular complexity index is 564. The number of amides is 2. The molecule has 1 aliphatic rings. The third-order valence-electron chi connectivity index (χ3n) is 3.68. The second-order valence-corrected chi connectivity index (χ2v) is 5.37. The van der Waals surface area contributed by atoms with Crippen LogP contribution in [0.3, 0.4) is 0 Å². The zero-order chi connectivity index (χ0) is 14.9. The Hall–Kier alpha value is -2.17. The van der Waals surface area contributed by atoms with E-state index in [0.717, 1.165) is 6.42 Å². The third kappa shape index (κ3) is 2.31. The van der Waals surface area contributed by atoms with Crippen LogP contribution in [0.1, 0.15) is 43.5 Å². The van der Waals surface area contributed by atoms with E-state index >= 15 is 0 Å². The van der Waals surface area contributed by atoms with Crippen molar-refractivity contribution in [1.82, 2.24) is 0 Å². The fourth-order valence-electron chi connectivity index (χ4n) is 2.63. The summed E-state index contributed by atoms with van der Waals surface area (Å²) in [6.45, 7) is 3.79. The molecule has 1 N–H and O–H groups in total. The van der Waals surface area contributed by atoms with Crippen molar-refractivity contribution < 1.29 is 19.5 Å². The fraction of sp³-hybridized carbons (Fsp3) is 0.400. The van der Waals surface area contributed by atoms with Crippen LogP contribution in [0.5, 0.6) is 0 Å². The van der Waals surface area contributed by atoms with Gasteiger partial charge in [0.25, 0.3) is 0 Å². The quantitative estimate of drug-likeness (QED) is 0.856. The molecule has 5 heteroatoms. The SMILES string of the molecule is CCCC1(C)CC(=O)N(c2ccc(C(=O)O)cc2)C1=O. The van der Waals surface area contributed by atoms with Gasteiger partial charge in [0.15, 0.2) is 0 Å². The van der Waals surface area contributed by atoms with Gasteiger partial charge in [-0.3, -0.25) is 14.5 Å². The van der Waals surface area contributed by atoms with Gasteiger partial charge < -0.3 is 5.11 Å². The maximum absolute atomic E-state index is 12.4. The van der Waals surface area contributed by atoms with Crippen LogP contribution in [-0.4, -0.2) is 22.9 Å². The molecule has 0 radical (unpaired) electrons. The topological polar surface area (TPSA) is 74.7 Å². The summed E-state index contributed by atoms with van der Waals surface area (Å²) < 4.78 is 0. The molecule has 20 heavy (non-hydrogen) atoms. The predicted molar refractivity (Wildman–Crippen MR) is 73.5 cm³/mol. The number of hydrogen-bond donors (Lipinski definition) is 1. The minimum Gasteiger partial charge on any atom is -0.478 e. The Kier molecular flexibility index (Phi) is 3.61.